The van der Waals surface area contributed by atoms with Gasteiger partial charge in [-0.2, -0.15) is 4.68 Å². The van der Waals surface area contributed by atoms with Crippen LogP contribution in [-0.2, 0) is 14.3 Å². The molecule has 1 aromatic carbocycles. The standard InChI is InChI=1S/C18H23N5O3/c1-12(2)13(3)19-17(24)11-26-18(25)16(23-14(4)20-21-22-23)10-15-8-6-5-7-9-15/h5-10,12-13H,11H2,1-4H3,(H,19,24)/b16-10-/t13-/m1/s1. The Hall–Kier alpha value is -3.03. The molecule has 26 heavy (non-hydrogen) atoms. The first-order valence-electron chi connectivity index (χ1n) is 8.37. The Kier molecular flexibility index (Phi) is 6.60. The van der Waals surface area contributed by atoms with Gasteiger partial charge in [-0.3, -0.25) is 4.79 Å². The molecule has 0 saturated carbocycles. The van der Waals surface area contributed by atoms with E-state index in [4.69, 9.17) is 4.74 Å². The summed E-state index contributed by atoms with van der Waals surface area (Å²) in [5.41, 5.74) is 0.913. The minimum absolute atomic E-state index is 0.0118. The molecule has 0 radical (unpaired) electrons. The summed E-state index contributed by atoms with van der Waals surface area (Å²) in [6.07, 6.45) is 1.61. The summed E-state index contributed by atoms with van der Waals surface area (Å²) >= 11 is 0. The molecule has 8 nitrogen and oxygen atoms in total. The number of nitrogens with one attached hydrogen (secondary N) is 1. The average Bonchev–Trinajstić information content (AvgIpc) is 3.04. The van der Waals surface area contributed by atoms with Crippen LogP contribution in [0.2, 0.25) is 0 Å². The second-order valence-corrected chi connectivity index (χ2v) is 6.25. The van der Waals surface area contributed by atoms with Crippen LogP contribution in [0.1, 0.15) is 32.2 Å². The van der Waals surface area contributed by atoms with E-state index in [0.29, 0.717) is 5.82 Å². The number of carbonyl (C=O) groups excluding carboxylic acids is 2. The molecule has 0 aliphatic rings. The van der Waals surface area contributed by atoms with E-state index >= 15 is 0 Å². The van der Waals surface area contributed by atoms with Crippen molar-refractivity contribution < 1.29 is 14.3 Å². The van der Waals surface area contributed by atoms with Crippen molar-refractivity contribution in [1.29, 1.82) is 0 Å². The molecule has 8 heteroatoms. The summed E-state index contributed by atoms with van der Waals surface area (Å²) in [6, 6.07) is 9.23. The van der Waals surface area contributed by atoms with Crippen LogP contribution in [0.5, 0.6) is 0 Å². The molecule has 1 aromatic heterocycles. The third kappa shape index (κ3) is 5.23. The Morgan fingerprint density at radius 1 is 1.23 bits per heavy atom. The van der Waals surface area contributed by atoms with E-state index in [1.165, 1.54) is 4.68 Å². The highest BCUT2D eigenvalue weighted by Crippen LogP contribution is 2.13. The monoisotopic (exact) mass is 357 g/mol. The molecule has 2 rings (SSSR count). The van der Waals surface area contributed by atoms with Crippen molar-refractivity contribution in [3.8, 4) is 0 Å². The zero-order chi connectivity index (χ0) is 19.1. The second kappa shape index (κ2) is 8.89. The van der Waals surface area contributed by atoms with Gasteiger partial charge in [-0.1, -0.05) is 44.2 Å². The molecule has 0 unspecified atom stereocenters. The summed E-state index contributed by atoms with van der Waals surface area (Å²) < 4.78 is 6.44. The third-order valence-electron chi connectivity index (χ3n) is 3.89. The number of carbonyl (C=O) groups is 2. The first-order chi connectivity index (χ1) is 12.4. The molecule has 1 N–H and O–H groups in total. The number of aromatic nitrogens is 4. The molecular weight excluding hydrogens is 334 g/mol. The highest BCUT2D eigenvalue weighted by molar-refractivity contribution is 6.15. The van der Waals surface area contributed by atoms with E-state index in [9.17, 15) is 9.59 Å². The number of amides is 1. The number of aryl methyl sites for hydroxylation is 1. The SMILES string of the molecule is Cc1nnnn1/C(=C\c1ccccc1)C(=O)OCC(=O)N[C@H](C)C(C)C. The molecular formula is C18H23N5O3. The van der Waals surface area contributed by atoms with E-state index in [1.54, 1.807) is 13.0 Å². The van der Waals surface area contributed by atoms with Crippen LogP contribution in [-0.4, -0.2) is 44.7 Å². The van der Waals surface area contributed by atoms with Crippen LogP contribution in [0.25, 0.3) is 11.8 Å². The molecule has 1 amide bonds. The molecule has 2 aromatic rings. The average molecular weight is 357 g/mol. The van der Waals surface area contributed by atoms with Gasteiger partial charge in [-0.05, 0) is 41.8 Å². The van der Waals surface area contributed by atoms with Crippen LogP contribution in [0.15, 0.2) is 30.3 Å². The van der Waals surface area contributed by atoms with Crippen molar-refractivity contribution in [1.82, 2.24) is 25.5 Å². The summed E-state index contributed by atoms with van der Waals surface area (Å²) in [7, 11) is 0. The summed E-state index contributed by atoms with van der Waals surface area (Å²) in [5.74, 6) is -0.322. The Labute approximate surface area is 152 Å². The van der Waals surface area contributed by atoms with Crippen LogP contribution < -0.4 is 5.32 Å². The topological polar surface area (TPSA) is 99.0 Å². The van der Waals surface area contributed by atoms with E-state index in [1.807, 2.05) is 51.1 Å². The fraction of sp³-hybridized carbons (Fsp3) is 0.389. The van der Waals surface area contributed by atoms with Gasteiger partial charge in [-0.15, -0.1) is 5.10 Å². The van der Waals surface area contributed by atoms with Gasteiger partial charge in [0.05, 0.1) is 0 Å². The Bertz CT molecular complexity index is 783. The molecule has 138 valence electrons. The second-order valence-electron chi connectivity index (χ2n) is 6.25. The predicted molar refractivity (Wildman–Crippen MR) is 96.6 cm³/mol. The maximum Gasteiger partial charge on any atom is 0.357 e. The summed E-state index contributed by atoms with van der Waals surface area (Å²) in [6.45, 7) is 7.19. The lowest BCUT2D eigenvalue weighted by atomic mass is 10.1. The van der Waals surface area contributed by atoms with E-state index in [-0.39, 0.29) is 30.2 Å². The molecule has 0 saturated heterocycles. The van der Waals surface area contributed by atoms with Crippen LogP contribution in [0.4, 0.5) is 0 Å². The molecule has 0 fully saturated rings. The van der Waals surface area contributed by atoms with Gasteiger partial charge >= 0.3 is 5.97 Å². The Morgan fingerprint density at radius 2 is 1.92 bits per heavy atom. The molecule has 0 aliphatic carbocycles. The van der Waals surface area contributed by atoms with Gasteiger partial charge in [0.15, 0.2) is 18.1 Å². The van der Waals surface area contributed by atoms with Crippen molar-refractivity contribution in [2.45, 2.75) is 33.7 Å². The normalized spacial score (nSPS) is 12.7. The quantitative estimate of drug-likeness (QED) is 0.598. The fourth-order valence-corrected chi connectivity index (χ4v) is 2.04. The Morgan fingerprint density at radius 3 is 2.50 bits per heavy atom. The highest BCUT2D eigenvalue weighted by atomic mass is 16.5. The minimum Gasteiger partial charge on any atom is -0.451 e. The van der Waals surface area contributed by atoms with Gasteiger partial charge in [0.25, 0.3) is 5.91 Å². The largest absolute Gasteiger partial charge is 0.451 e. The molecule has 0 bridgehead atoms. The Balaban J connectivity index is 2.13. The van der Waals surface area contributed by atoms with Crippen LogP contribution in [0, 0.1) is 12.8 Å². The number of hydrogen-bond acceptors (Lipinski definition) is 6. The number of ether oxygens (including phenoxy) is 1. The lowest BCUT2D eigenvalue weighted by Gasteiger charge is -2.17. The van der Waals surface area contributed by atoms with Crippen LogP contribution in [0.3, 0.4) is 0 Å². The molecule has 0 aliphatic heterocycles. The van der Waals surface area contributed by atoms with E-state index in [2.05, 4.69) is 20.8 Å². The fourth-order valence-electron chi connectivity index (χ4n) is 2.04. The van der Waals surface area contributed by atoms with Crippen molar-refractivity contribution in [3.63, 3.8) is 0 Å². The zero-order valence-electron chi connectivity index (χ0n) is 15.3. The first kappa shape index (κ1) is 19.3. The van der Waals surface area contributed by atoms with Crippen molar-refractivity contribution in [2.24, 2.45) is 5.92 Å². The number of benzene rings is 1. The van der Waals surface area contributed by atoms with Crippen molar-refractivity contribution in [2.75, 3.05) is 6.61 Å². The van der Waals surface area contributed by atoms with Crippen molar-refractivity contribution in [3.05, 3.63) is 41.7 Å². The predicted octanol–water partition coefficient (Wildman–Crippen LogP) is 1.68. The lowest BCUT2D eigenvalue weighted by Crippen LogP contribution is -2.38. The van der Waals surface area contributed by atoms with Crippen LogP contribution >= 0.6 is 0 Å². The molecule has 1 atom stereocenters. The number of rotatable bonds is 7. The van der Waals surface area contributed by atoms with Gasteiger partial charge < -0.3 is 10.1 Å². The molecule has 1 heterocycles. The van der Waals surface area contributed by atoms with Gasteiger partial charge in [-0.25, -0.2) is 4.79 Å². The highest BCUT2D eigenvalue weighted by Gasteiger charge is 2.19. The zero-order valence-corrected chi connectivity index (χ0v) is 15.3. The number of hydrogen-bond donors (Lipinski definition) is 1. The molecule has 0 spiro atoms. The number of tetrazole rings is 1. The van der Waals surface area contributed by atoms with E-state index in [0.717, 1.165) is 5.56 Å². The third-order valence-corrected chi connectivity index (χ3v) is 3.89. The lowest BCUT2D eigenvalue weighted by molar-refractivity contribution is -0.143. The minimum atomic E-state index is -0.684. The smallest absolute Gasteiger partial charge is 0.357 e. The van der Waals surface area contributed by atoms with Gasteiger partial charge in [0.1, 0.15) is 0 Å². The van der Waals surface area contributed by atoms with Crippen molar-refractivity contribution >= 4 is 23.6 Å². The van der Waals surface area contributed by atoms with Gasteiger partial charge in [0.2, 0.25) is 0 Å². The first-order valence-corrected chi connectivity index (χ1v) is 8.37. The number of esters is 1. The summed E-state index contributed by atoms with van der Waals surface area (Å²) in [5, 5.41) is 13.9. The number of nitrogens with zero attached hydrogens (tertiary/aromatic N) is 4. The van der Waals surface area contributed by atoms with E-state index < -0.39 is 5.97 Å². The summed E-state index contributed by atoms with van der Waals surface area (Å²) in [4.78, 5) is 24.5. The maximum atomic E-state index is 12.5. The van der Waals surface area contributed by atoms with Gasteiger partial charge in [0, 0.05) is 6.04 Å². The maximum absolute atomic E-state index is 12.5.